The van der Waals surface area contributed by atoms with E-state index in [0.29, 0.717) is 24.1 Å². The van der Waals surface area contributed by atoms with E-state index in [4.69, 9.17) is 4.74 Å². The third-order valence-corrected chi connectivity index (χ3v) is 3.87. The highest BCUT2D eigenvalue weighted by Gasteiger charge is 2.26. The van der Waals surface area contributed by atoms with Crippen molar-refractivity contribution >= 4 is 0 Å². The molecular formula is C14H27NO. The van der Waals surface area contributed by atoms with E-state index in [-0.39, 0.29) is 0 Å². The minimum absolute atomic E-state index is 0.409. The third-order valence-electron chi connectivity index (χ3n) is 3.87. The van der Waals surface area contributed by atoms with Gasteiger partial charge in [0.2, 0.25) is 0 Å². The second kappa shape index (κ2) is 7.08. The molecule has 0 aromatic rings. The molecule has 1 N–H and O–H groups in total. The maximum atomic E-state index is 5.56. The van der Waals surface area contributed by atoms with Crippen molar-refractivity contribution in [2.45, 2.75) is 64.1 Å². The van der Waals surface area contributed by atoms with E-state index in [2.05, 4.69) is 25.7 Å². The molecule has 0 radical (unpaired) electrons. The van der Waals surface area contributed by atoms with Gasteiger partial charge in [-0.05, 0) is 32.1 Å². The fourth-order valence-electron chi connectivity index (χ4n) is 2.54. The van der Waals surface area contributed by atoms with Gasteiger partial charge in [0.15, 0.2) is 0 Å². The van der Waals surface area contributed by atoms with E-state index < -0.39 is 0 Å². The summed E-state index contributed by atoms with van der Waals surface area (Å²) < 4.78 is 5.56. The lowest BCUT2D eigenvalue weighted by Crippen LogP contribution is -2.48. The smallest absolute Gasteiger partial charge is 0.0724 e. The minimum atomic E-state index is 0.409. The second-order valence-electron chi connectivity index (χ2n) is 5.12. The Morgan fingerprint density at radius 1 is 1.38 bits per heavy atom. The van der Waals surface area contributed by atoms with E-state index in [1.807, 2.05) is 13.2 Å². The van der Waals surface area contributed by atoms with E-state index in [0.717, 1.165) is 6.42 Å². The summed E-state index contributed by atoms with van der Waals surface area (Å²) in [5.74, 6) is 0.650. The molecule has 2 nitrogen and oxygen atoms in total. The summed E-state index contributed by atoms with van der Waals surface area (Å²) in [6.45, 7) is 8.36. The zero-order valence-electron chi connectivity index (χ0n) is 11.0. The molecule has 4 atom stereocenters. The van der Waals surface area contributed by atoms with Gasteiger partial charge in [-0.1, -0.05) is 25.8 Å². The SMILES string of the molecule is C=CCC(C)C(C)NC1CCCCC1OC. The zero-order valence-corrected chi connectivity index (χ0v) is 11.0. The Morgan fingerprint density at radius 2 is 2.06 bits per heavy atom. The molecule has 1 saturated carbocycles. The van der Waals surface area contributed by atoms with Gasteiger partial charge in [-0.25, -0.2) is 0 Å². The number of hydrogen-bond acceptors (Lipinski definition) is 2. The molecule has 0 spiro atoms. The van der Waals surface area contributed by atoms with Crippen LogP contribution in [0.4, 0.5) is 0 Å². The molecule has 0 aromatic heterocycles. The molecule has 94 valence electrons. The number of methoxy groups -OCH3 is 1. The lowest BCUT2D eigenvalue weighted by atomic mass is 9.90. The topological polar surface area (TPSA) is 21.3 Å². The molecule has 0 heterocycles. The quantitative estimate of drug-likeness (QED) is 0.701. The Morgan fingerprint density at radius 3 is 2.69 bits per heavy atom. The normalized spacial score (nSPS) is 29.7. The highest BCUT2D eigenvalue weighted by Crippen LogP contribution is 2.22. The van der Waals surface area contributed by atoms with Crippen LogP contribution in [0.15, 0.2) is 12.7 Å². The maximum Gasteiger partial charge on any atom is 0.0724 e. The average Bonchev–Trinajstić information content (AvgIpc) is 2.30. The third kappa shape index (κ3) is 3.91. The van der Waals surface area contributed by atoms with Crippen molar-refractivity contribution in [2.75, 3.05) is 7.11 Å². The molecule has 16 heavy (non-hydrogen) atoms. The van der Waals surface area contributed by atoms with Crippen LogP contribution in [0, 0.1) is 5.92 Å². The highest BCUT2D eigenvalue weighted by molar-refractivity contribution is 4.86. The molecule has 0 saturated heterocycles. The maximum absolute atomic E-state index is 5.56. The second-order valence-corrected chi connectivity index (χ2v) is 5.12. The molecule has 4 unspecified atom stereocenters. The number of allylic oxidation sites excluding steroid dienone is 1. The van der Waals surface area contributed by atoms with Gasteiger partial charge in [-0.2, -0.15) is 0 Å². The minimum Gasteiger partial charge on any atom is -0.380 e. The van der Waals surface area contributed by atoms with Crippen LogP contribution in [0.1, 0.15) is 46.0 Å². The Kier molecular flexibility index (Phi) is 6.07. The molecule has 0 bridgehead atoms. The van der Waals surface area contributed by atoms with E-state index in [1.165, 1.54) is 25.7 Å². The van der Waals surface area contributed by atoms with E-state index in [1.54, 1.807) is 0 Å². The Bertz CT molecular complexity index is 205. The van der Waals surface area contributed by atoms with Crippen LogP contribution in [-0.2, 0) is 4.74 Å². The van der Waals surface area contributed by atoms with Gasteiger partial charge < -0.3 is 10.1 Å². The molecule has 2 heteroatoms. The summed E-state index contributed by atoms with van der Waals surface area (Å²) >= 11 is 0. The molecular weight excluding hydrogens is 198 g/mol. The van der Waals surface area contributed by atoms with Crippen molar-refractivity contribution in [1.29, 1.82) is 0 Å². The van der Waals surface area contributed by atoms with Crippen LogP contribution in [0.2, 0.25) is 0 Å². The van der Waals surface area contributed by atoms with E-state index >= 15 is 0 Å². The van der Waals surface area contributed by atoms with Gasteiger partial charge in [0.1, 0.15) is 0 Å². The van der Waals surface area contributed by atoms with Crippen molar-refractivity contribution in [2.24, 2.45) is 5.92 Å². The Balaban J connectivity index is 2.41. The van der Waals surface area contributed by atoms with Gasteiger partial charge in [-0.15, -0.1) is 6.58 Å². The lowest BCUT2D eigenvalue weighted by molar-refractivity contribution is 0.0360. The summed E-state index contributed by atoms with van der Waals surface area (Å²) in [6.07, 6.45) is 8.61. The molecule has 0 aliphatic heterocycles. The zero-order chi connectivity index (χ0) is 12.0. The average molecular weight is 225 g/mol. The highest BCUT2D eigenvalue weighted by atomic mass is 16.5. The Labute approximate surface area is 100 Å². The number of ether oxygens (including phenoxy) is 1. The molecule has 1 aliphatic rings. The summed E-state index contributed by atoms with van der Waals surface area (Å²) in [7, 11) is 1.84. The largest absolute Gasteiger partial charge is 0.380 e. The summed E-state index contributed by atoms with van der Waals surface area (Å²) in [6, 6.07) is 1.08. The van der Waals surface area contributed by atoms with Gasteiger partial charge in [0.05, 0.1) is 6.10 Å². The van der Waals surface area contributed by atoms with E-state index in [9.17, 15) is 0 Å². The van der Waals surface area contributed by atoms with Crippen LogP contribution < -0.4 is 5.32 Å². The van der Waals surface area contributed by atoms with Gasteiger partial charge >= 0.3 is 0 Å². The summed E-state index contributed by atoms with van der Waals surface area (Å²) in [5, 5.41) is 3.73. The molecule has 1 rings (SSSR count). The number of rotatable bonds is 6. The molecule has 1 aliphatic carbocycles. The first-order chi connectivity index (χ1) is 7.69. The summed E-state index contributed by atoms with van der Waals surface area (Å²) in [4.78, 5) is 0. The van der Waals surface area contributed by atoms with Crippen LogP contribution >= 0.6 is 0 Å². The fraction of sp³-hybridized carbons (Fsp3) is 0.857. The first kappa shape index (κ1) is 13.7. The number of nitrogens with one attached hydrogen (secondary N) is 1. The van der Waals surface area contributed by atoms with Crippen molar-refractivity contribution in [3.8, 4) is 0 Å². The summed E-state index contributed by atoms with van der Waals surface area (Å²) in [5.41, 5.74) is 0. The van der Waals surface area contributed by atoms with Gasteiger partial charge in [0.25, 0.3) is 0 Å². The van der Waals surface area contributed by atoms with Crippen molar-refractivity contribution in [3.63, 3.8) is 0 Å². The molecule has 0 amide bonds. The van der Waals surface area contributed by atoms with Gasteiger partial charge in [-0.3, -0.25) is 0 Å². The van der Waals surface area contributed by atoms with Crippen LogP contribution in [-0.4, -0.2) is 25.3 Å². The lowest BCUT2D eigenvalue weighted by Gasteiger charge is -2.35. The monoisotopic (exact) mass is 225 g/mol. The fourth-order valence-corrected chi connectivity index (χ4v) is 2.54. The van der Waals surface area contributed by atoms with Crippen LogP contribution in [0.3, 0.4) is 0 Å². The predicted octanol–water partition coefficient (Wildman–Crippen LogP) is 3.13. The first-order valence-corrected chi connectivity index (χ1v) is 6.58. The van der Waals surface area contributed by atoms with Crippen molar-refractivity contribution < 1.29 is 4.74 Å². The van der Waals surface area contributed by atoms with Gasteiger partial charge in [0, 0.05) is 19.2 Å². The molecule has 0 aromatic carbocycles. The Hall–Kier alpha value is -0.340. The standard InChI is InChI=1S/C14H27NO/c1-5-8-11(2)12(3)15-13-9-6-7-10-14(13)16-4/h5,11-15H,1,6-10H2,2-4H3. The first-order valence-electron chi connectivity index (χ1n) is 6.58. The molecule has 1 fully saturated rings. The van der Waals surface area contributed by atoms with Crippen LogP contribution in [0.25, 0.3) is 0 Å². The van der Waals surface area contributed by atoms with Crippen LogP contribution in [0.5, 0.6) is 0 Å². The van der Waals surface area contributed by atoms with Crippen molar-refractivity contribution in [1.82, 2.24) is 5.32 Å². The van der Waals surface area contributed by atoms with Crippen molar-refractivity contribution in [3.05, 3.63) is 12.7 Å². The predicted molar refractivity (Wildman–Crippen MR) is 69.6 cm³/mol. The number of hydrogen-bond donors (Lipinski definition) is 1.